The van der Waals surface area contributed by atoms with E-state index in [-0.39, 0.29) is 6.04 Å². The van der Waals surface area contributed by atoms with Crippen molar-refractivity contribution in [3.05, 3.63) is 59.7 Å². The van der Waals surface area contributed by atoms with Crippen molar-refractivity contribution < 1.29 is 8.42 Å². The molecule has 2 aliphatic rings. The van der Waals surface area contributed by atoms with Crippen molar-refractivity contribution in [2.24, 2.45) is 17.6 Å². The predicted octanol–water partition coefficient (Wildman–Crippen LogP) is 3.00. The number of aryl methyl sites for hydroxylation is 1. The minimum atomic E-state index is -3.45. The summed E-state index contributed by atoms with van der Waals surface area (Å²) < 4.78 is 25.5. The Balaban J connectivity index is 1.46. The SMILES string of the molecule is Cc1ccc(S(=O)(=O)c2ccc(CN3C[C@@H](N)[C@H](C4CC4)C3)cc2)cc1. The van der Waals surface area contributed by atoms with Crippen LogP contribution in [0.5, 0.6) is 0 Å². The van der Waals surface area contributed by atoms with Gasteiger partial charge < -0.3 is 5.73 Å². The highest BCUT2D eigenvalue weighted by Crippen LogP contribution is 2.41. The molecule has 1 aliphatic heterocycles. The van der Waals surface area contributed by atoms with Crippen LogP contribution >= 0.6 is 0 Å². The quantitative estimate of drug-likeness (QED) is 0.879. The van der Waals surface area contributed by atoms with Crippen LogP contribution in [0.3, 0.4) is 0 Å². The molecule has 4 nitrogen and oxygen atoms in total. The Morgan fingerprint density at radius 1 is 0.962 bits per heavy atom. The Kier molecular flexibility index (Phi) is 4.63. The van der Waals surface area contributed by atoms with Gasteiger partial charge in [-0.25, -0.2) is 8.42 Å². The van der Waals surface area contributed by atoms with Gasteiger partial charge in [-0.05, 0) is 61.4 Å². The van der Waals surface area contributed by atoms with Gasteiger partial charge in [-0.2, -0.15) is 0 Å². The Morgan fingerprint density at radius 3 is 2.12 bits per heavy atom. The molecular weight excluding hydrogens is 344 g/mol. The van der Waals surface area contributed by atoms with Gasteiger partial charge in [0, 0.05) is 25.7 Å². The molecule has 2 N–H and O–H groups in total. The summed E-state index contributed by atoms with van der Waals surface area (Å²) in [6.45, 7) is 4.78. The first-order valence-electron chi connectivity index (χ1n) is 9.32. The minimum absolute atomic E-state index is 0.281. The Labute approximate surface area is 155 Å². The van der Waals surface area contributed by atoms with E-state index in [9.17, 15) is 8.42 Å². The third kappa shape index (κ3) is 3.56. The van der Waals surface area contributed by atoms with Crippen LogP contribution in [0.2, 0.25) is 0 Å². The summed E-state index contributed by atoms with van der Waals surface area (Å²) in [5, 5.41) is 0. The molecule has 1 saturated heterocycles. The first-order chi connectivity index (χ1) is 12.4. The third-order valence-corrected chi connectivity index (χ3v) is 7.47. The summed E-state index contributed by atoms with van der Waals surface area (Å²) in [5.74, 6) is 1.47. The van der Waals surface area contributed by atoms with E-state index in [0.29, 0.717) is 15.7 Å². The van der Waals surface area contributed by atoms with E-state index < -0.39 is 9.84 Å². The third-order valence-electron chi connectivity index (χ3n) is 5.69. The molecule has 0 spiro atoms. The normalized spacial score (nSPS) is 24.1. The fourth-order valence-corrected chi connectivity index (χ4v) is 5.24. The second-order valence-electron chi connectivity index (χ2n) is 7.82. The van der Waals surface area contributed by atoms with Crippen molar-refractivity contribution >= 4 is 9.84 Å². The number of hydrogen-bond acceptors (Lipinski definition) is 4. The summed E-state index contributed by atoms with van der Waals surface area (Å²) in [4.78, 5) is 3.09. The lowest BCUT2D eigenvalue weighted by Gasteiger charge is -2.16. The van der Waals surface area contributed by atoms with E-state index in [1.165, 1.54) is 12.8 Å². The molecule has 138 valence electrons. The number of rotatable bonds is 5. The van der Waals surface area contributed by atoms with Gasteiger partial charge in [-0.3, -0.25) is 4.90 Å². The van der Waals surface area contributed by atoms with E-state index in [0.717, 1.165) is 36.7 Å². The number of benzene rings is 2. The summed E-state index contributed by atoms with van der Waals surface area (Å²) >= 11 is 0. The zero-order valence-corrected chi connectivity index (χ0v) is 16.0. The number of nitrogens with zero attached hydrogens (tertiary/aromatic N) is 1. The fraction of sp³-hybridized carbons (Fsp3) is 0.429. The molecule has 2 fully saturated rings. The highest BCUT2D eigenvalue weighted by atomic mass is 32.2. The van der Waals surface area contributed by atoms with Crippen LogP contribution in [0.25, 0.3) is 0 Å². The Bertz CT molecular complexity index is 871. The second-order valence-corrected chi connectivity index (χ2v) is 9.77. The average molecular weight is 371 g/mol. The maximum Gasteiger partial charge on any atom is 0.206 e. The molecule has 0 unspecified atom stereocenters. The highest BCUT2D eigenvalue weighted by molar-refractivity contribution is 7.91. The standard InChI is InChI=1S/C21H26N2O2S/c1-15-2-8-18(9-3-15)26(24,25)19-10-4-16(5-11-19)12-23-13-20(17-6-7-17)21(22)14-23/h2-5,8-11,17,20-21H,6-7,12-14,22H2,1H3/t20-,21+/m0/s1. The first kappa shape index (κ1) is 17.7. The number of likely N-dealkylation sites (tertiary alicyclic amines) is 1. The molecule has 0 amide bonds. The zero-order chi connectivity index (χ0) is 18.3. The second kappa shape index (κ2) is 6.80. The van der Waals surface area contributed by atoms with Gasteiger partial charge in [0.05, 0.1) is 9.79 Å². The summed E-state index contributed by atoms with van der Waals surface area (Å²) in [6, 6.07) is 14.6. The summed E-state index contributed by atoms with van der Waals surface area (Å²) in [7, 11) is -3.45. The van der Waals surface area contributed by atoms with Crippen LogP contribution in [-0.2, 0) is 16.4 Å². The lowest BCUT2D eigenvalue weighted by atomic mass is 9.99. The molecular formula is C21H26N2O2S. The first-order valence-corrected chi connectivity index (χ1v) is 10.8. The fourth-order valence-electron chi connectivity index (χ4n) is 3.98. The van der Waals surface area contributed by atoms with Crippen molar-refractivity contribution in [2.75, 3.05) is 13.1 Å². The Morgan fingerprint density at radius 2 is 1.54 bits per heavy atom. The van der Waals surface area contributed by atoms with Crippen LogP contribution < -0.4 is 5.73 Å². The average Bonchev–Trinajstić information content (AvgIpc) is 3.39. The van der Waals surface area contributed by atoms with Crippen LogP contribution in [0.4, 0.5) is 0 Å². The highest BCUT2D eigenvalue weighted by Gasteiger charge is 2.40. The van der Waals surface area contributed by atoms with Crippen molar-refractivity contribution in [2.45, 2.75) is 42.1 Å². The molecule has 1 heterocycles. The molecule has 4 rings (SSSR count). The molecule has 5 heteroatoms. The maximum atomic E-state index is 12.7. The van der Waals surface area contributed by atoms with Crippen molar-refractivity contribution in [1.82, 2.24) is 4.90 Å². The number of hydrogen-bond donors (Lipinski definition) is 1. The van der Waals surface area contributed by atoms with Gasteiger partial charge in [-0.15, -0.1) is 0 Å². The molecule has 1 aliphatic carbocycles. The van der Waals surface area contributed by atoms with Crippen LogP contribution in [-0.4, -0.2) is 32.4 Å². The monoisotopic (exact) mass is 370 g/mol. The van der Waals surface area contributed by atoms with Crippen LogP contribution in [0, 0.1) is 18.8 Å². The van der Waals surface area contributed by atoms with Gasteiger partial charge in [0.15, 0.2) is 0 Å². The molecule has 0 radical (unpaired) electrons. The van der Waals surface area contributed by atoms with Crippen molar-refractivity contribution in [1.29, 1.82) is 0 Å². The largest absolute Gasteiger partial charge is 0.326 e. The van der Waals surface area contributed by atoms with Gasteiger partial charge in [0.2, 0.25) is 9.84 Å². The summed E-state index contributed by atoms with van der Waals surface area (Å²) in [6.07, 6.45) is 2.66. The summed E-state index contributed by atoms with van der Waals surface area (Å²) in [5.41, 5.74) is 8.48. The topological polar surface area (TPSA) is 63.4 Å². The molecule has 1 saturated carbocycles. The molecule has 2 aromatic carbocycles. The zero-order valence-electron chi connectivity index (χ0n) is 15.1. The lowest BCUT2D eigenvalue weighted by Crippen LogP contribution is -2.30. The smallest absolute Gasteiger partial charge is 0.206 e. The van der Waals surface area contributed by atoms with Crippen LogP contribution in [0.15, 0.2) is 58.3 Å². The van der Waals surface area contributed by atoms with Crippen molar-refractivity contribution in [3.8, 4) is 0 Å². The van der Waals surface area contributed by atoms with Crippen molar-refractivity contribution in [3.63, 3.8) is 0 Å². The van der Waals surface area contributed by atoms with E-state index in [2.05, 4.69) is 4.90 Å². The maximum absolute atomic E-state index is 12.7. The van der Waals surface area contributed by atoms with E-state index >= 15 is 0 Å². The molecule has 0 bridgehead atoms. The van der Waals surface area contributed by atoms with E-state index in [1.807, 2.05) is 31.2 Å². The molecule has 0 aromatic heterocycles. The van der Waals surface area contributed by atoms with Gasteiger partial charge in [-0.1, -0.05) is 29.8 Å². The number of sulfone groups is 1. The lowest BCUT2D eigenvalue weighted by molar-refractivity contribution is 0.309. The van der Waals surface area contributed by atoms with Gasteiger partial charge in [0.1, 0.15) is 0 Å². The molecule has 2 aromatic rings. The van der Waals surface area contributed by atoms with E-state index in [1.54, 1.807) is 24.3 Å². The molecule has 2 atom stereocenters. The van der Waals surface area contributed by atoms with E-state index in [4.69, 9.17) is 5.73 Å². The number of nitrogens with two attached hydrogens (primary N) is 1. The van der Waals surface area contributed by atoms with Gasteiger partial charge in [0.25, 0.3) is 0 Å². The predicted molar refractivity (Wildman–Crippen MR) is 103 cm³/mol. The van der Waals surface area contributed by atoms with Crippen LogP contribution in [0.1, 0.15) is 24.0 Å². The Hall–Kier alpha value is -1.69. The van der Waals surface area contributed by atoms with Gasteiger partial charge >= 0.3 is 0 Å². The molecule has 26 heavy (non-hydrogen) atoms. The minimum Gasteiger partial charge on any atom is -0.326 e.